The van der Waals surface area contributed by atoms with Crippen LogP contribution in [0, 0.1) is 0 Å². The zero-order chi connectivity index (χ0) is 21.2. The van der Waals surface area contributed by atoms with Crippen LogP contribution in [0.25, 0.3) is 0 Å². The second kappa shape index (κ2) is 8.29. The summed E-state index contributed by atoms with van der Waals surface area (Å²) in [6.07, 6.45) is 5.22. The molecule has 0 spiro atoms. The zero-order valence-electron chi connectivity index (χ0n) is 17.3. The van der Waals surface area contributed by atoms with E-state index in [0.29, 0.717) is 23.4 Å². The molecule has 8 heteroatoms. The average Bonchev–Trinajstić information content (AvgIpc) is 2.53. The van der Waals surface area contributed by atoms with E-state index in [1.54, 1.807) is 18.2 Å². The van der Waals surface area contributed by atoms with Crippen molar-refractivity contribution in [3.63, 3.8) is 0 Å². The highest BCUT2D eigenvalue weighted by Crippen LogP contribution is 2.45. The Morgan fingerprint density at radius 3 is 2.39 bits per heavy atom. The van der Waals surface area contributed by atoms with Crippen LogP contribution in [-0.4, -0.2) is 36.9 Å². The molecule has 1 amide bonds. The maximum atomic E-state index is 12.5. The number of sulfonamides is 1. The Hall–Kier alpha value is -1.80. The molecule has 1 aliphatic rings. The predicted octanol–water partition coefficient (Wildman–Crippen LogP) is 3.11. The van der Waals surface area contributed by atoms with Crippen LogP contribution in [0.1, 0.15) is 71.4 Å². The Bertz CT molecular complexity index is 808. The van der Waals surface area contributed by atoms with Gasteiger partial charge in [0.1, 0.15) is 17.0 Å². The summed E-state index contributed by atoms with van der Waals surface area (Å²) in [4.78, 5) is 12.5. The summed E-state index contributed by atoms with van der Waals surface area (Å²) >= 11 is 0. The average molecular weight is 413 g/mol. The van der Waals surface area contributed by atoms with Crippen LogP contribution in [-0.2, 0) is 14.8 Å². The largest absolute Gasteiger partial charge is 0.487 e. The van der Waals surface area contributed by atoms with E-state index in [-0.39, 0.29) is 6.04 Å². The van der Waals surface area contributed by atoms with Crippen molar-refractivity contribution < 1.29 is 23.1 Å². The van der Waals surface area contributed by atoms with Gasteiger partial charge in [-0.2, -0.15) is 0 Å². The molecule has 0 saturated carbocycles. The standard InChI is InChI=1S/C20H32N2O5S/c1-6-10-20(11-7-2)13-16(21-18(23)19(3,4)24)15-12-14(22-28(5,25)26)8-9-17(15)27-20/h8-9,12,16,22,24H,6-7,10-11,13H2,1-5H3,(H,21,23). The molecular formula is C20H32N2O5S. The van der Waals surface area contributed by atoms with Crippen molar-refractivity contribution in [2.45, 2.75) is 77.0 Å². The number of carbonyl (C=O) groups is 1. The highest BCUT2D eigenvalue weighted by Gasteiger charge is 2.41. The first kappa shape index (κ1) is 22.5. The molecule has 0 aromatic heterocycles. The van der Waals surface area contributed by atoms with Gasteiger partial charge in [-0.05, 0) is 44.9 Å². The molecular weight excluding hydrogens is 380 g/mol. The fourth-order valence-corrected chi connectivity index (χ4v) is 4.31. The molecule has 1 aromatic carbocycles. The highest BCUT2D eigenvalue weighted by atomic mass is 32.2. The van der Waals surface area contributed by atoms with Gasteiger partial charge >= 0.3 is 0 Å². The Morgan fingerprint density at radius 2 is 1.89 bits per heavy atom. The van der Waals surface area contributed by atoms with E-state index in [1.165, 1.54) is 13.8 Å². The number of fused-ring (bicyclic) bond motifs is 1. The van der Waals surface area contributed by atoms with Gasteiger partial charge in [0.25, 0.3) is 5.91 Å². The van der Waals surface area contributed by atoms with E-state index in [2.05, 4.69) is 23.9 Å². The van der Waals surface area contributed by atoms with E-state index in [0.717, 1.165) is 31.9 Å². The highest BCUT2D eigenvalue weighted by molar-refractivity contribution is 7.92. The molecule has 0 fully saturated rings. The number of ether oxygens (including phenoxy) is 1. The van der Waals surface area contributed by atoms with Gasteiger partial charge in [-0.1, -0.05) is 26.7 Å². The third-order valence-corrected chi connectivity index (χ3v) is 5.47. The summed E-state index contributed by atoms with van der Waals surface area (Å²) in [5, 5.41) is 13.0. The summed E-state index contributed by atoms with van der Waals surface area (Å²) < 4.78 is 32.0. The van der Waals surface area contributed by atoms with E-state index in [1.807, 2.05) is 0 Å². The van der Waals surface area contributed by atoms with Gasteiger partial charge in [0, 0.05) is 17.7 Å². The molecule has 0 aliphatic carbocycles. The zero-order valence-corrected chi connectivity index (χ0v) is 18.1. The second-order valence-corrected chi connectivity index (χ2v) is 9.95. The third-order valence-electron chi connectivity index (χ3n) is 4.86. The monoisotopic (exact) mass is 412 g/mol. The van der Waals surface area contributed by atoms with E-state index >= 15 is 0 Å². The molecule has 1 heterocycles. The first-order chi connectivity index (χ1) is 12.9. The number of carbonyl (C=O) groups excluding carboxylic acids is 1. The lowest BCUT2D eigenvalue weighted by molar-refractivity contribution is -0.138. The van der Waals surface area contributed by atoms with Crippen LogP contribution in [0.2, 0.25) is 0 Å². The molecule has 0 saturated heterocycles. The van der Waals surface area contributed by atoms with Crippen LogP contribution in [0.5, 0.6) is 5.75 Å². The molecule has 2 rings (SSSR count). The Kier molecular flexibility index (Phi) is 6.66. The smallest absolute Gasteiger partial charge is 0.251 e. The van der Waals surface area contributed by atoms with Crippen molar-refractivity contribution in [2.75, 3.05) is 11.0 Å². The van der Waals surface area contributed by atoms with Crippen molar-refractivity contribution >= 4 is 21.6 Å². The minimum atomic E-state index is -3.43. The van der Waals surface area contributed by atoms with Crippen molar-refractivity contribution in [1.29, 1.82) is 0 Å². The molecule has 7 nitrogen and oxygen atoms in total. The lowest BCUT2D eigenvalue weighted by Gasteiger charge is -2.43. The van der Waals surface area contributed by atoms with Crippen molar-refractivity contribution in [3.8, 4) is 5.75 Å². The van der Waals surface area contributed by atoms with Gasteiger partial charge in [-0.25, -0.2) is 8.42 Å². The number of amides is 1. The predicted molar refractivity (Wildman–Crippen MR) is 110 cm³/mol. The van der Waals surface area contributed by atoms with E-state index in [9.17, 15) is 18.3 Å². The number of nitrogens with one attached hydrogen (secondary N) is 2. The summed E-state index contributed by atoms with van der Waals surface area (Å²) in [5.74, 6) is 0.155. The minimum absolute atomic E-state index is 0.387. The quantitative estimate of drug-likeness (QED) is 0.608. The molecule has 1 unspecified atom stereocenters. The summed E-state index contributed by atoms with van der Waals surface area (Å²) in [6.45, 7) is 7.07. The van der Waals surface area contributed by atoms with Crippen LogP contribution < -0.4 is 14.8 Å². The fraction of sp³-hybridized carbons (Fsp3) is 0.650. The second-order valence-electron chi connectivity index (χ2n) is 8.20. The van der Waals surface area contributed by atoms with E-state index < -0.39 is 27.1 Å². The molecule has 28 heavy (non-hydrogen) atoms. The SMILES string of the molecule is CCCC1(CCC)CC(NC(=O)C(C)(C)O)c2cc(NS(C)(=O)=O)ccc2O1. The third kappa shape index (κ3) is 5.61. The summed E-state index contributed by atoms with van der Waals surface area (Å²) in [7, 11) is -3.43. The summed E-state index contributed by atoms with van der Waals surface area (Å²) in [5.41, 5.74) is -0.807. The van der Waals surface area contributed by atoms with Crippen LogP contribution in [0.3, 0.4) is 0 Å². The van der Waals surface area contributed by atoms with E-state index in [4.69, 9.17) is 4.74 Å². The number of anilines is 1. The number of rotatable bonds is 8. The van der Waals surface area contributed by atoms with Gasteiger partial charge < -0.3 is 15.2 Å². The van der Waals surface area contributed by atoms with Crippen molar-refractivity contribution in [3.05, 3.63) is 23.8 Å². The minimum Gasteiger partial charge on any atom is -0.487 e. The van der Waals surface area contributed by atoms with Crippen molar-refractivity contribution in [2.24, 2.45) is 0 Å². The molecule has 0 radical (unpaired) electrons. The molecule has 3 N–H and O–H groups in total. The normalized spacial score (nSPS) is 18.7. The van der Waals surface area contributed by atoms with Crippen LogP contribution in [0.4, 0.5) is 5.69 Å². The number of hydrogen-bond acceptors (Lipinski definition) is 5. The van der Waals surface area contributed by atoms with Gasteiger partial charge in [-0.3, -0.25) is 9.52 Å². The van der Waals surface area contributed by atoms with Gasteiger partial charge in [0.05, 0.1) is 12.3 Å². The number of hydrogen-bond donors (Lipinski definition) is 3. The Labute approximate surface area is 167 Å². The number of benzene rings is 1. The summed E-state index contributed by atoms with van der Waals surface area (Å²) in [6, 6.07) is 4.70. The Morgan fingerprint density at radius 1 is 1.29 bits per heavy atom. The van der Waals surface area contributed by atoms with Gasteiger partial charge in [0.15, 0.2) is 0 Å². The lowest BCUT2D eigenvalue weighted by atomic mass is 9.81. The Balaban J connectivity index is 2.47. The maximum Gasteiger partial charge on any atom is 0.251 e. The van der Waals surface area contributed by atoms with Crippen molar-refractivity contribution in [1.82, 2.24) is 5.32 Å². The first-order valence-corrected chi connectivity index (χ1v) is 11.6. The topological polar surface area (TPSA) is 105 Å². The molecule has 158 valence electrons. The maximum absolute atomic E-state index is 12.5. The van der Waals surface area contributed by atoms with Gasteiger partial charge in [-0.15, -0.1) is 0 Å². The molecule has 1 aliphatic heterocycles. The molecule has 0 bridgehead atoms. The first-order valence-electron chi connectivity index (χ1n) is 9.73. The number of aliphatic hydroxyl groups is 1. The lowest BCUT2D eigenvalue weighted by Crippen LogP contribution is -2.49. The van der Waals surface area contributed by atoms with Crippen LogP contribution >= 0.6 is 0 Å². The van der Waals surface area contributed by atoms with Crippen LogP contribution in [0.15, 0.2) is 18.2 Å². The van der Waals surface area contributed by atoms with Gasteiger partial charge in [0.2, 0.25) is 10.0 Å². The molecule has 1 atom stereocenters. The fourth-order valence-electron chi connectivity index (χ4n) is 3.75. The molecule has 1 aromatic rings.